The maximum Gasteiger partial charge on any atom is 0.433 e. The van der Waals surface area contributed by atoms with Crippen LogP contribution in [0.1, 0.15) is 17.8 Å². The predicted molar refractivity (Wildman–Crippen MR) is 80.7 cm³/mol. The number of nitrogens with zero attached hydrogens (tertiary/aromatic N) is 6. The van der Waals surface area contributed by atoms with Crippen LogP contribution in [0.5, 0.6) is 0 Å². The van der Waals surface area contributed by atoms with Crippen LogP contribution in [0.15, 0.2) is 24.7 Å². The SMILES string of the molecule is Cc1cc(N2CC3CC(C2)N3c2nccc(C(F)(F)F)n2)ncn1. The molecule has 0 N–H and O–H groups in total. The predicted octanol–water partition coefficient (Wildman–Crippen LogP) is 2.06. The lowest BCUT2D eigenvalue weighted by Crippen LogP contribution is -2.69. The molecule has 0 amide bonds. The Kier molecular flexibility index (Phi) is 3.33. The van der Waals surface area contributed by atoms with E-state index in [9.17, 15) is 13.2 Å². The highest BCUT2D eigenvalue weighted by molar-refractivity contribution is 5.49. The molecule has 9 heteroatoms. The van der Waals surface area contributed by atoms with Gasteiger partial charge in [-0.1, -0.05) is 0 Å². The van der Waals surface area contributed by atoms with E-state index in [1.807, 2.05) is 17.9 Å². The standard InChI is InChI=1S/C15H15F3N6/c1-9-4-13(21-8-20-9)23-6-10-5-11(7-23)24(10)14-19-3-2-12(22-14)15(16,17)18/h2-4,8,10-11H,5-7H2,1H3. The molecule has 2 bridgehead atoms. The highest BCUT2D eigenvalue weighted by Gasteiger charge is 2.47. The zero-order valence-electron chi connectivity index (χ0n) is 12.9. The van der Waals surface area contributed by atoms with Gasteiger partial charge in [0.2, 0.25) is 5.95 Å². The van der Waals surface area contributed by atoms with Crippen molar-refractivity contribution in [2.24, 2.45) is 0 Å². The van der Waals surface area contributed by atoms with Gasteiger partial charge in [-0.2, -0.15) is 13.2 Å². The minimum Gasteiger partial charge on any atom is -0.352 e. The van der Waals surface area contributed by atoms with Gasteiger partial charge in [-0.3, -0.25) is 0 Å². The van der Waals surface area contributed by atoms with Gasteiger partial charge in [-0.25, -0.2) is 19.9 Å². The minimum absolute atomic E-state index is 0.0995. The van der Waals surface area contributed by atoms with E-state index < -0.39 is 11.9 Å². The van der Waals surface area contributed by atoms with Crippen molar-refractivity contribution in [1.29, 1.82) is 0 Å². The summed E-state index contributed by atoms with van der Waals surface area (Å²) >= 11 is 0. The van der Waals surface area contributed by atoms with E-state index in [0.29, 0.717) is 13.1 Å². The molecule has 0 spiro atoms. The largest absolute Gasteiger partial charge is 0.433 e. The summed E-state index contributed by atoms with van der Waals surface area (Å²) in [6.07, 6.45) is -0.828. The van der Waals surface area contributed by atoms with Crippen molar-refractivity contribution in [2.75, 3.05) is 22.9 Å². The van der Waals surface area contributed by atoms with Crippen LogP contribution in [0.2, 0.25) is 0 Å². The number of piperazine rings is 1. The molecular weight excluding hydrogens is 321 g/mol. The lowest BCUT2D eigenvalue weighted by molar-refractivity contribution is -0.141. The highest BCUT2D eigenvalue weighted by atomic mass is 19.4. The summed E-state index contributed by atoms with van der Waals surface area (Å²) in [6.45, 7) is 3.28. The zero-order valence-corrected chi connectivity index (χ0v) is 12.9. The fourth-order valence-electron chi connectivity index (χ4n) is 3.37. The number of alkyl halides is 3. The summed E-state index contributed by atoms with van der Waals surface area (Å²) in [7, 11) is 0. The zero-order chi connectivity index (χ0) is 16.9. The summed E-state index contributed by atoms with van der Waals surface area (Å²) in [5.41, 5.74) is -0.0157. The van der Waals surface area contributed by atoms with Crippen LogP contribution in [-0.2, 0) is 6.18 Å². The smallest absolute Gasteiger partial charge is 0.352 e. The molecule has 2 atom stereocenters. The Labute approximate surface area is 136 Å². The van der Waals surface area contributed by atoms with Crippen molar-refractivity contribution in [3.05, 3.63) is 36.0 Å². The van der Waals surface area contributed by atoms with Crippen LogP contribution in [0.4, 0.5) is 24.9 Å². The van der Waals surface area contributed by atoms with Crippen LogP contribution in [-0.4, -0.2) is 45.1 Å². The third kappa shape index (κ3) is 2.53. The van der Waals surface area contributed by atoms with E-state index in [1.54, 1.807) is 0 Å². The van der Waals surface area contributed by atoms with Gasteiger partial charge in [0.05, 0.1) is 12.1 Å². The second kappa shape index (κ2) is 5.29. The molecule has 3 aliphatic rings. The third-order valence-electron chi connectivity index (χ3n) is 4.47. The Morgan fingerprint density at radius 1 is 1.12 bits per heavy atom. The van der Waals surface area contributed by atoms with Crippen molar-refractivity contribution in [1.82, 2.24) is 19.9 Å². The maximum atomic E-state index is 12.8. The Balaban J connectivity index is 1.54. The molecule has 2 aromatic rings. The van der Waals surface area contributed by atoms with Crippen molar-refractivity contribution in [3.63, 3.8) is 0 Å². The van der Waals surface area contributed by atoms with Gasteiger partial charge in [-0.05, 0) is 19.4 Å². The lowest BCUT2D eigenvalue weighted by atomic mass is 9.88. The van der Waals surface area contributed by atoms with Crippen LogP contribution in [0.25, 0.3) is 0 Å². The van der Waals surface area contributed by atoms with E-state index in [-0.39, 0.29) is 18.0 Å². The molecule has 5 rings (SSSR count). The molecule has 5 heterocycles. The fourth-order valence-corrected chi connectivity index (χ4v) is 3.37. The van der Waals surface area contributed by atoms with Gasteiger partial charge in [-0.15, -0.1) is 0 Å². The second-order valence-electron chi connectivity index (χ2n) is 6.11. The molecule has 0 aromatic carbocycles. The Morgan fingerprint density at radius 2 is 1.88 bits per heavy atom. The Bertz CT molecular complexity index is 753. The first-order chi connectivity index (χ1) is 11.4. The number of hydrogen-bond donors (Lipinski definition) is 0. The van der Waals surface area contributed by atoms with Crippen molar-refractivity contribution in [2.45, 2.75) is 31.6 Å². The van der Waals surface area contributed by atoms with Crippen molar-refractivity contribution < 1.29 is 13.2 Å². The van der Waals surface area contributed by atoms with Crippen LogP contribution in [0, 0.1) is 6.92 Å². The molecule has 2 aromatic heterocycles. The van der Waals surface area contributed by atoms with Gasteiger partial charge >= 0.3 is 6.18 Å². The first kappa shape index (κ1) is 15.1. The fraction of sp³-hybridized carbons (Fsp3) is 0.467. The normalized spacial score (nSPS) is 23.2. The average molecular weight is 336 g/mol. The molecule has 3 aliphatic heterocycles. The summed E-state index contributed by atoms with van der Waals surface area (Å²) in [6, 6.07) is 3.01. The lowest BCUT2D eigenvalue weighted by Gasteiger charge is -2.56. The molecule has 3 saturated heterocycles. The Morgan fingerprint density at radius 3 is 2.54 bits per heavy atom. The van der Waals surface area contributed by atoms with Gasteiger partial charge < -0.3 is 9.80 Å². The summed E-state index contributed by atoms with van der Waals surface area (Å²) in [5, 5.41) is 0. The average Bonchev–Trinajstić information content (AvgIpc) is 2.54. The number of aromatic nitrogens is 4. The number of hydrogen-bond acceptors (Lipinski definition) is 6. The number of rotatable bonds is 2. The van der Waals surface area contributed by atoms with Gasteiger partial charge in [0.25, 0.3) is 0 Å². The van der Waals surface area contributed by atoms with E-state index in [4.69, 9.17) is 0 Å². The van der Waals surface area contributed by atoms with Gasteiger partial charge in [0.1, 0.15) is 17.8 Å². The third-order valence-corrected chi connectivity index (χ3v) is 4.47. The number of aryl methyl sites for hydroxylation is 1. The molecule has 2 unspecified atom stereocenters. The van der Waals surface area contributed by atoms with Crippen LogP contribution in [0.3, 0.4) is 0 Å². The molecule has 126 valence electrons. The number of anilines is 2. The molecule has 0 saturated carbocycles. The monoisotopic (exact) mass is 336 g/mol. The van der Waals surface area contributed by atoms with Crippen LogP contribution >= 0.6 is 0 Å². The highest BCUT2D eigenvalue weighted by Crippen LogP contribution is 2.37. The van der Waals surface area contributed by atoms with Crippen molar-refractivity contribution >= 4 is 11.8 Å². The number of fused-ring (bicyclic) bond motifs is 2. The van der Waals surface area contributed by atoms with E-state index in [0.717, 1.165) is 24.0 Å². The molecule has 3 fully saturated rings. The first-order valence-electron chi connectivity index (χ1n) is 7.64. The van der Waals surface area contributed by atoms with Crippen LogP contribution < -0.4 is 9.80 Å². The molecule has 24 heavy (non-hydrogen) atoms. The topological polar surface area (TPSA) is 58.0 Å². The number of halogens is 3. The Hall–Kier alpha value is -2.45. The first-order valence-corrected chi connectivity index (χ1v) is 7.64. The van der Waals surface area contributed by atoms with Crippen molar-refractivity contribution in [3.8, 4) is 0 Å². The quantitative estimate of drug-likeness (QED) is 0.837. The minimum atomic E-state index is -4.46. The summed E-state index contributed by atoms with van der Waals surface area (Å²) in [4.78, 5) is 20.1. The van der Waals surface area contributed by atoms with E-state index in [2.05, 4.69) is 24.8 Å². The maximum absolute atomic E-state index is 12.8. The number of piperidine rings is 1. The van der Waals surface area contributed by atoms with Gasteiger partial charge in [0, 0.05) is 31.0 Å². The summed E-state index contributed by atoms with van der Waals surface area (Å²) in [5.74, 6) is 1.01. The second-order valence-corrected chi connectivity index (χ2v) is 6.11. The van der Waals surface area contributed by atoms with E-state index in [1.165, 1.54) is 12.5 Å². The molecular formula is C15H15F3N6. The molecule has 0 radical (unpaired) electrons. The van der Waals surface area contributed by atoms with Gasteiger partial charge in [0.15, 0.2) is 0 Å². The summed E-state index contributed by atoms with van der Waals surface area (Å²) < 4.78 is 38.5. The van der Waals surface area contributed by atoms with E-state index >= 15 is 0 Å². The molecule has 0 aliphatic carbocycles. The molecule has 6 nitrogen and oxygen atoms in total.